The highest BCUT2D eigenvalue weighted by molar-refractivity contribution is 5.87. The summed E-state index contributed by atoms with van der Waals surface area (Å²) in [4.78, 5) is 16.9. The van der Waals surface area contributed by atoms with Crippen LogP contribution in [-0.4, -0.2) is 41.6 Å². The Balaban J connectivity index is 1.62. The third-order valence-corrected chi connectivity index (χ3v) is 7.30. The Hall–Kier alpha value is -3.12. The first-order valence-electron chi connectivity index (χ1n) is 10.8. The first-order valence-corrected chi connectivity index (χ1v) is 10.8. The SMILES string of the molecule is C=CCN1CCC2(c3cccc(OC)c3)Cc3[nH]c4cc([N+](=O)[O-])ccc4c3CC2C1. The van der Waals surface area contributed by atoms with Gasteiger partial charge in [0.1, 0.15) is 5.75 Å². The van der Waals surface area contributed by atoms with Crippen molar-refractivity contribution < 1.29 is 9.66 Å². The molecule has 1 N–H and O–H groups in total. The van der Waals surface area contributed by atoms with Gasteiger partial charge in [-0.15, -0.1) is 6.58 Å². The Labute approximate surface area is 181 Å². The summed E-state index contributed by atoms with van der Waals surface area (Å²) < 4.78 is 5.54. The van der Waals surface area contributed by atoms with Crippen molar-refractivity contribution in [2.24, 2.45) is 5.92 Å². The zero-order valence-electron chi connectivity index (χ0n) is 17.8. The maximum atomic E-state index is 11.3. The maximum Gasteiger partial charge on any atom is 0.271 e. The molecule has 0 saturated carbocycles. The van der Waals surface area contributed by atoms with Gasteiger partial charge in [0.2, 0.25) is 0 Å². The number of aromatic amines is 1. The monoisotopic (exact) mass is 417 g/mol. The smallest absolute Gasteiger partial charge is 0.271 e. The van der Waals surface area contributed by atoms with Gasteiger partial charge in [-0.05, 0) is 61.1 Å². The largest absolute Gasteiger partial charge is 0.497 e. The third kappa shape index (κ3) is 3.22. The number of nitrogens with one attached hydrogen (secondary N) is 1. The van der Waals surface area contributed by atoms with Gasteiger partial charge in [0.25, 0.3) is 5.69 Å². The van der Waals surface area contributed by atoms with E-state index in [9.17, 15) is 10.1 Å². The molecule has 31 heavy (non-hydrogen) atoms. The minimum Gasteiger partial charge on any atom is -0.497 e. The molecule has 0 bridgehead atoms. The molecule has 2 unspecified atom stereocenters. The number of nitro benzene ring substituents is 1. The van der Waals surface area contributed by atoms with Crippen LogP contribution in [0.15, 0.2) is 55.1 Å². The van der Waals surface area contributed by atoms with Crippen molar-refractivity contribution >= 4 is 16.6 Å². The van der Waals surface area contributed by atoms with Crippen LogP contribution < -0.4 is 4.74 Å². The molecular weight excluding hydrogens is 390 g/mol. The van der Waals surface area contributed by atoms with E-state index in [1.165, 1.54) is 16.8 Å². The van der Waals surface area contributed by atoms with Crippen LogP contribution in [0.25, 0.3) is 10.9 Å². The lowest BCUT2D eigenvalue weighted by Gasteiger charge is -2.51. The fourth-order valence-corrected chi connectivity index (χ4v) is 5.75. The third-order valence-electron chi connectivity index (χ3n) is 7.30. The number of piperidine rings is 1. The molecule has 0 amide bonds. The summed E-state index contributed by atoms with van der Waals surface area (Å²) in [5, 5.41) is 12.4. The van der Waals surface area contributed by atoms with Gasteiger partial charge in [-0.25, -0.2) is 0 Å². The van der Waals surface area contributed by atoms with Crippen LogP contribution in [-0.2, 0) is 18.3 Å². The van der Waals surface area contributed by atoms with E-state index in [1.807, 2.05) is 18.2 Å². The Morgan fingerprint density at radius 3 is 3.00 bits per heavy atom. The summed E-state index contributed by atoms with van der Waals surface area (Å²) in [6.07, 6.45) is 4.91. The molecule has 2 heterocycles. The van der Waals surface area contributed by atoms with Gasteiger partial charge in [-0.2, -0.15) is 0 Å². The van der Waals surface area contributed by atoms with Gasteiger partial charge < -0.3 is 9.72 Å². The van der Waals surface area contributed by atoms with E-state index in [0.29, 0.717) is 5.92 Å². The number of fused-ring (bicyclic) bond motifs is 4. The average Bonchev–Trinajstić information content (AvgIpc) is 3.14. The lowest BCUT2D eigenvalue weighted by molar-refractivity contribution is -0.384. The molecule has 5 rings (SSSR count). The second-order valence-electron chi connectivity index (χ2n) is 8.83. The summed E-state index contributed by atoms with van der Waals surface area (Å²) in [5.41, 5.74) is 4.86. The van der Waals surface area contributed by atoms with Gasteiger partial charge in [-0.1, -0.05) is 18.2 Å². The van der Waals surface area contributed by atoms with E-state index in [2.05, 4.69) is 34.7 Å². The van der Waals surface area contributed by atoms with Gasteiger partial charge in [0.15, 0.2) is 0 Å². The van der Waals surface area contributed by atoms with E-state index < -0.39 is 0 Å². The second-order valence-corrected chi connectivity index (χ2v) is 8.83. The molecule has 6 nitrogen and oxygen atoms in total. The fourth-order valence-electron chi connectivity index (χ4n) is 5.75. The Morgan fingerprint density at radius 2 is 2.23 bits per heavy atom. The predicted molar refractivity (Wildman–Crippen MR) is 122 cm³/mol. The van der Waals surface area contributed by atoms with Gasteiger partial charge >= 0.3 is 0 Å². The standard InChI is InChI=1S/C25H27N3O3/c1-3-10-27-11-9-25(17-5-4-6-20(12-17)31-2)15-24-22(13-18(25)16-27)21-8-7-19(28(29)30)14-23(21)26-24/h3-8,12,14,18,26H,1,9-11,13,15-16H2,2H3. The molecule has 1 aliphatic carbocycles. The summed E-state index contributed by atoms with van der Waals surface area (Å²) in [6, 6.07) is 13.7. The number of methoxy groups -OCH3 is 1. The first-order chi connectivity index (χ1) is 15.0. The van der Waals surface area contributed by atoms with Crippen molar-refractivity contribution in [3.63, 3.8) is 0 Å². The second kappa shape index (κ2) is 7.54. The molecule has 6 heteroatoms. The number of aromatic nitrogens is 1. The number of non-ortho nitro benzene ring substituents is 1. The highest BCUT2D eigenvalue weighted by Crippen LogP contribution is 2.49. The lowest BCUT2D eigenvalue weighted by Crippen LogP contribution is -2.53. The Bertz CT molecular complexity index is 1170. The van der Waals surface area contributed by atoms with Crippen LogP contribution in [0.3, 0.4) is 0 Å². The first kappa shape index (κ1) is 19.8. The van der Waals surface area contributed by atoms with Crippen LogP contribution >= 0.6 is 0 Å². The lowest BCUT2D eigenvalue weighted by atomic mass is 9.58. The molecule has 160 valence electrons. The number of likely N-dealkylation sites (tertiary alicyclic amines) is 1. The quantitative estimate of drug-likeness (QED) is 0.373. The Kier molecular flexibility index (Phi) is 4.82. The maximum absolute atomic E-state index is 11.3. The topological polar surface area (TPSA) is 71.4 Å². The van der Waals surface area contributed by atoms with Crippen molar-refractivity contribution in [1.29, 1.82) is 0 Å². The number of benzene rings is 2. The molecule has 1 aromatic heterocycles. The minimum atomic E-state index is -0.329. The zero-order valence-corrected chi connectivity index (χ0v) is 17.8. The summed E-state index contributed by atoms with van der Waals surface area (Å²) in [7, 11) is 1.71. The van der Waals surface area contributed by atoms with Crippen molar-refractivity contribution in [2.75, 3.05) is 26.7 Å². The summed E-state index contributed by atoms with van der Waals surface area (Å²) >= 11 is 0. The van der Waals surface area contributed by atoms with Gasteiger partial charge in [0, 0.05) is 41.7 Å². The molecule has 2 aromatic carbocycles. The molecule has 0 spiro atoms. The van der Waals surface area contributed by atoms with Gasteiger partial charge in [0.05, 0.1) is 17.5 Å². The van der Waals surface area contributed by atoms with Gasteiger partial charge in [-0.3, -0.25) is 15.0 Å². The molecule has 1 fully saturated rings. The molecule has 0 radical (unpaired) electrons. The van der Waals surface area contributed by atoms with Crippen LogP contribution in [0, 0.1) is 16.0 Å². The molecule has 2 aliphatic rings. The highest BCUT2D eigenvalue weighted by Gasteiger charge is 2.48. The molecule has 1 aliphatic heterocycles. The number of hydrogen-bond acceptors (Lipinski definition) is 4. The summed E-state index contributed by atoms with van der Waals surface area (Å²) in [6.45, 7) is 6.87. The normalized spacial score (nSPS) is 23.2. The van der Waals surface area contributed by atoms with E-state index in [4.69, 9.17) is 4.74 Å². The molecule has 2 atom stereocenters. The van der Waals surface area contributed by atoms with Crippen molar-refractivity contribution in [3.8, 4) is 5.75 Å². The van der Waals surface area contributed by atoms with Crippen molar-refractivity contribution in [3.05, 3.63) is 82.1 Å². The van der Waals surface area contributed by atoms with Crippen LogP contribution in [0.4, 0.5) is 5.69 Å². The number of rotatable bonds is 5. The number of nitro groups is 1. The highest BCUT2D eigenvalue weighted by atomic mass is 16.6. The van der Waals surface area contributed by atoms with Crippen molar-refractivity contribution in [2.45, 2.75) is 24.7 Å². The number of ether oxygens (including phenoxy) is 1. The molecule has 1 saturated heterocycles. The van der Waals surface area contributed by atoms with Crippen LogP contribution in [0.1, 0.15) is 23.2 Å². The van der Waals surface area contributed by atoms with E-state index >= 15 is 0 Å². The number of hydrogen-bond donors (Lipinski definition) is 1. The minimum absolute atomic E-state index is 0.0199. The Morgan fingerprint density at radius 1 is 1.35 bits per heavy atom. The number of nitrogens with zero attached hydrogens (tertiary/aromatic N) is 2. The molecule has 3 aromatic rings. The molecular formula is C25H27N3O3. The van der Waals surface area contributed by atoms with E-state index in [-0.39, 0.29) is 16.0 Å². The summed E-state index contributed by atoms with van der Waals surface area (Å²) in [5.74, 6) is 1.34. The predicted octanol–water partition coefficient (Wildman–Crippen LogP) is 4.63. The zero-order chi connectivity index (χ0) is 21.6. The van der Waals surface area contributed by atoms with Crippen molar-refractivity contribution in [1.82, 2.24) is 9.88 Å². The number of H-pyrrole nitrogens is 1. The van der Waals surface area contributed by atoms with E-state index in [0.717, 1.165) is 55.5 Å². The fraction of sp³-hybridized carbons (Fsp3) is 0.360. The van der Waals surface area contributed by atoms with Crippen LogP contribution in [0.2, 0.25) is 0 Å². The average molecular weight is 418 g/mol. The van der Waals surface area contributed by atoms with E-state index in [1.54, 1.807) is 19.2 Å². The van der Waals surface area contributed by atoms with Crippen LogP contribution in [0.5, 0.6) is 5.75 Å².